The van der Waals surface area contributed by atoms with Gasteiger partial charge in [0.15, 0.2) is 0 Å². The topological polar surface area (TPSA) is 106 Å². The van der Waals surface area contributed by atoms with Crippen molar-refractivity contribution >= 4 is 17.3 Å². The minimum absolute atomic E-state index is 0.0652. The summed E-state index contributed by atoms with van der Waals surface area (Å²) in [5.74, 6) is 0.511. The van der Waals surface area contributed by atoms with Crippen LogP contribution in [-0.2, 0) is 0 Å². The lowest BCUT2D eigenvalue weighted by atomic mass is 9.91. The summed E-state index contributed by atoms with van der Waals surface area (Å²) in [6, 6.07) is 2.99. The highest BCUT2D eigenvalue weighted by Gasteiger charge is 2.30. The molecular formula is C11H16N4O3. The van der Waals surface area contributed by atoms with Gasteiger partial charge in [-0.05, 0) is 25.3 Å². The van der Waals surface area contributed by atoms with Gasteiger partial charge >= 0.3 is 5.69 Å². The monoisotopic (exact) mass is 252 g/mol. The number of nitro groups is 1. The third-order valence-corrected chi connectivity index (χ3v) is 3.20. The maximum atomic E-state index is 11.0. The predicted molar refractivity (Wildman–Crippen MR) is 67.4 cm³/mol. The minimum atomic E-state index is -0.467. The molecule has 7 nitrogen and oxygen atoms in total. The molecule has 0 aromatic carbocycles. The van der Waals surface area contributed by atoms with E-state index < -0.39 is 4.92 Å². The molecule has 98 valence electrons. The van der Waals surface area contributed by atoms with Crippen LogP contribution >= 0.6 is 0 Å². The zero-order chi connectivity index (χ0) is 13.1. The Hall–Kier alpha value is -1.89. The molecule has 0 amide bonds. The number of nitrogens with two attached hydrogens (primary N) is 1. The van der Waals surface area contributed by atoms with Gasteiger partial charge in [-0.25, -0.2) is 4.98 Å². The fourth-order valence-corrected chi connectivity index (χ4v) is 2.08. The van der Waals surface area contributed by atoms with E-state index in [2.05, 4.69) is 4.98 Å². The molecule has 1 aliphatic carbocycles. The van der Waals surface area contributed by atoms with Crippen LogP contribution in [0.15, 0.2) is 12.1 Å². The predicted octanol–water partition coefficient (Wildman–Crippen LogP) is 0.923. The van der Waals surface area contributed by atoms with Crippen molar-refractivity contribution in [1.29, 1.82) is 0 Å². The Balaban J connectivity index is 2.37. The van der Waals surface area contributed by atoms with Crippen LogP contribution < -0.4 is 10.6 Å². The molecule has 3 N–H and O–H groups in total. The number of pyridine rings is 1. The Morgan fingerprint density at radius 2 is 2.28 bits per heavy atom. The van der Waals surface area contributed by atoms with Gasteiger partial charge in [-0.15, -0.1) is 0 Å². The molecule has 0 aliphatic heterocycles. The summed E-state index contributed by atoms with van der Waals surface area (Å²) in [6.07, 6.45) is 3.03. The van der Waals surface area contributed by atoms with E-state index >= 15 is 0 Å². The van der Waals surface area contributed by atoms with Crippen LogP contribution in [0.4, 0.5) is 17.3 Å². The van der Waals surface area contributed by atoms with Crippen LogP contribution in [-0.4, -0.2) is 34.2 Å². The quantitative estimate of drug-likeness (QED) is 0.596. The first kappa shape index (κ1) is 12.6. The second kappa shape index (κ2) is 5.18. The van der Waals surface area contributed by atoms with E-state index in [1.54, 1.807) is 4.90 Å². The molecule has 0 atom stereocenters. The summed E-state index contributed by atoms with van der Waals surface area (Å²) in [5.41, 5.74) is 5.53. The lowest BCUT2D eigenvalue weighted by Crippen LogP contribution is -2.42. The number of hydrogen-bond donors (Lipinski definition) is 2. The highest BCUT2D eigenvalue weighted by Crippen LogP contribution is 2.34. The number of rotatable bonds is 5. The first-order chi connectivity index (χ1) is 8.63. The van der Waals surface area contributed by atoms with Crippen molar-refractivity contribution in [2.45, 2.75) is 25.3 Å². The molecule has 1 saturated carbocycles. The maximum absolute atomic E-state index is 11.0. The van der Waals surface area contributed by atoms with Crippen LogP contribution in [0.5, 0.6) is 0 Å². The Labute approximate surface area is 104 Å². The fourth-order valence-electron chi connectivity index (χ4n) is 2.08. The third kappa shape index (κ3) is 2.35. The molecule has 1 fully saturated rings. The molecule has 2 rings (SSSR count). The van der Waals surface area contributed by atoms with E-state index in [4.69, 9.17) is 10.8 Å². The molecule has 1 aromatic rings. The van der Waals surface area contributed by atoms with Crippen molar-refractivity contribution in [2.24, 2.45) is 0 Å². The SMILES string of the molecule is Nc1ccc([N+](=O)[O-])c(N(CCO)C2CCC2)n1. The van der Waals surface area contributed by atoms with E-state index in [0.717, 1.165) is 19.3 Å². The Morgan fingerprint density at radius 1 is 1.56 bits per heavy atom. The number of aliphatic hydroxyl groups is 1. The number of aliphatic hydroxyl groups excluding tert-OH is 1. The van der Waals surface area contributed by atoms with Gasteiger partial charge in [-0.1, -0.05) is 0 Å². The molecular weight excluding hydrogens is 236 g/mol. The van der Waals surface area contributed by atoms with E-state index in [1.165, 1.54) is 12.1 Å². The van der Waals surface area contributed by atoms with Gasteiger partial charge in [0.2, 0.25) is 5.82 Å². The van der Waals surface area contributed by atoms with E-state index in [1.807, 2.05) is 0 Å². The van der Waals surface area contributed by atoms with Gasteiger partial charge in [-0.3, -0.25) is 10.1 Å². The van der Waals surface area contributed by atoms with Gasteiger partial charge in [0, 0.05) is 18.7 Å². The summed E-state index contributed by atoms with van der Waals surface area (Å²) >= 11 is 0. The summed E-state index contributed by atoms with van der Waals surface area (Å²) in [7, 11) is 0. The Morgan fingerprint density at radius 3 is 2.78 bits per heavy atom. The maximum Gasteiger partial charge on any atom is 0.311 e. The van der Waals surface area contributed by atoms with Crippen molar-refractivity contribution in [2.75, 3.05) is 23.8 Å². The number of nitrogens with zero attached hydrogens (tertiary/aromatic N) is 3. The van der Waals surface area contributed by atoms with Gasteiger partial charge in [-0.2, -0.15) is 0 Å². The largest absolute Gasteiger partial charge is 0.395 e. The molecule has 0 bridgehead atoms. The first-order valence-electron chi connectivity index (χ1n) is 5.92. The standard InChI is InChI=1S/C11H16N4O3/c12-10-5-4-9(15(17)18)11(13-10)14(6-7-16)8-2-1-3-8/h4-5,8,16H,1-3,6-7H2,(H2,12,13). The molecule has 0 saturated heterocycles. The van der Waals surface area contributed by atoms with Crippen LogP contribution in [0, 0.1) is 10.1 Å². The zero-order valence-corrected chi connectivity index (χ0v) is 9.95. The smallest absolute Gasteiger partial charge is 0.311 e. The zero-order valence-electron chi connectivity index (χ0n) is 9.95. The van der Waals surface area contributed by atoms with Gasteiger partial charge in [0.1, 0.15) is 5.82 Å². The summed E-state index contributed by atoms with van der Waals surface area (Å²) in [4.78, 5) is 16.4. The molecule has 7 heteroatoms. The van der Waals surface area contributed by atoms with E-state index in [0.29, 0.717) is 6.54 Å². The highest BCUT2D eigenvalue weighted by molar-refractivity contribution is 5.61. The first-order valence-corrected chi connectivity index (χ1v) is 5.92. The molecule has 0 radical (unpaired) electrons. The number of aromatic nitrogens is 1. The third-order valence-electron chi connectivity index (χ3n) is 3.20. The summed E-state index contributed by atoms with van der Waals surface area (Å²) in [5, 5.41) is 20.1. The Bertz CT molecular complexity index is 448. The molecule has 0 unspecified atom stereocenters. The lowest BCUT2D eigenvalue weighted by molar-refractivity contribution is -0.384. The second-order valence-electron chi connectivity index (χ2n) is 4.34. The average molecular weight is 252 g/mol. The second-order valence-corrected chi connectivity index (χ2v) is 4.34. The van der Waals surface area contributed by atoms with Crippen LogP contribution in [0.1, 0.15) is 19.3 Å². The fraction of sp³-hybridized carbons (Fsp3) is 0.545. The van der Waals surface area contributed by atoms with Crippen molar-refractivity contribution in [3.63, 3.8) is 0 Å². The minimum Gasteiger partial charge on any atom is -0.395 e. The van der Waals surface area contributed by atoms with Crippen LogP contribution in [0.25, 0.3) is 0 Å². The summed E-state index contributed by atoms with van der Waals surface area (Å²) < 4.78 is 0. The molecule has 18 heavy (non-hydrogen) atoms. The van der Waals surface area contributed by atoms with Crippen molar-refractivity contribution in [1.82, 2.24) is 4.98 Å². The van der Waals surface area contributed by atoms with Crippen LogP contribution in [0.3, 0.4) is 0 Å². The molecule has 1 aromatic heterocycles. The van der Waals surface area contributed by atoms with E-state index in [9.17, 15) is 10.1 Å². The van der Waals surface area contributed by atoms with Crippen LogP contribution in [0.2, 0.25) is 0 Å². The highest BCUT2D eigenvalue weighted by atomic mass is 16.6. The number of nitrogen functional groups attached to an aromatic ring is 1. The van der Waals surface area contributed by atoms with Gasteiger partial charge in [0.05, 0.1) is 11.5 Å². The number of anilines is 2. The normalized spacial score (nSPS) is 15.2. The molecule has 1 heterocycles. The number of hydrogen-bond acceptors (Lipinski definition) is 6. The van der Waals surface area contributed by atoms with Gasteiger partial charge in [0.25, 0.3) is 0 Å². The Kier molecular flexibility index (Phi) is 3.61. The van der Waals surface area contributed by atoms with Gasteiger partial charge < -0.3 is 15.7 Å². The lowest BCUT2D eigenvalue weighted by Gasteiger charge is -2.37. The van der Waals surface area contributed by atoms with E-state index in [-0.39, 0.29) is 30.0 Å². The van der Waals surface area contributed by atoms with Crippen molar-refractivity contribution in [3.05, 3.63) is 22.2 Å². The molecule has 0 spiro atoms. The molecule has 1 aliphatic rings. The van der Waals surface area contributed by atoms with Crippen molar-refractivity contribution < 1.29 is 10.0 Å². The van der Waals surface area contributed by atoms with Crippen molar-refractivity contribution in [3.8, 4) is 0 Å². The average Bonchev–Trinajstić information content (AvgIpc) is 2.25. The summed E-state index contributed by atoms with van der Waals surface area (Å²) in [6.45, 7) is 0.270.